The highest BCUT2D eigenvalue weighted by molar-refractivity contribution is 5.77. The normalized spacial score (nSPS) is 20.8. The molecule has 1 N–H and O–H groups in total. The molecule has 0 bridgehead atoms. The Morgan fingerprint density at radius 1 is 1.16 bits per heavy atom. The van der Waals surface area contributed by atoms with Crippen LogP contribution in [-0.2, 0) is 20.8 Å². The lowest BCUT2D eigenvalue weighted by Gasteiger charge is -2.39. The number of nitrogens with one attached hydrogen (secondary N) is 1. The number of ether oxygens (including phenoxy) is 2. The number of carbonyl (C=O) groups excluding carboxylic acids is 1. The lowest BCUT2D eigenvalue weighted by Crippen LogP contribution is -2.45. The molecule has 2 aromatic rings. The van der Waals surface area contributed by atoms with Crippen molar-refractivity contribution in [2.75, 3.05) is 33.4 Å². The van der Waals surface area contributed by atoms with Crippen molar-refractivity contribution in [1.82, 2.24) is 10.2 Å². The molecule has 2 saturated heterocycles. The molecule has 2 heterocycles. The van der Waals surface area contributed by atoms with Crippen LogP contribution in [0.15, 0.2) is 48.5 Å². The molecule has 0 unspecified atom stereocenters. The first kappa shape index (κ1) is 22.0. The van der Waals surface area contributed by atoms with Crippen LogP contribution < -0.4 is 5.32 Å². The van der Waals surface area contributed by atoms with E-state index >= 15 is 0 Å². The van der Waals surface area contributed by atoms with E-state index in [1.54, 1.807) is 0 Å². The van der Waals surface area contributed by atoms with Crippen LogP contribution in [0.3, 0.4) is 0 Å². The van der Waals surface area contributed by atoms with Crippen molar-refractivity contribution in [1.29, 1.82) is 0 Å². The molecule has 0 radical (unpaired) electrons. The molecule has 0 aromatic heterocycles. The molecule has 1 spiro atoms. The molecule has 2 aromatic carbocycles. The van der Waals surface area contributed by atoms with Crippen molar-refractivity contribution in [3.63, 3.8) is 0 Å². The molecule has 2 aliphatic heterocycles. The zero-order valence-electron chi connectivity index (χ0n) is 18.7. The Hall–Kier alpha value is -2.21. The molecular weight excluding hydrogens is 388 g/mol. The quantitative estimate of drug-likeness (QED) is 0.734. The van der Waals surface area contributed by atoms with E-state index in [0.29, 0.717) is 6.54 Å². The second-order valence-corrected chi connectivity index (χ2v) is 8.99. The minimum absolute atomic E-state index is 0.00382. The van der Waals surface area contributed by atoms with Gasteiger partial charge in [-0.3, -0.25) is 9.69 Å². The van der Waals surface area contributed by atoms with Gasteiger partial charge in [0.2, 0.25) is 5.91 Å². The number of amides is 1. The van der Waals surface area contributed by atoms with Crippen LogP contribution in [-0.4, -0.2) is 55.9 Å². The molecule has 5 heteroatoms. The Labute approximate surface area is 185 Å². The first-order valence-electron chi connectivity index (χ1n) is 11.4. The lowest BCUT2D eigenvalue weighted by atomic mass is 9.88. The van der Waals surface area contributed by atoms with E-state index in [9.17, 15) is 4.79 Å². The summed E-state index contributed by atoms with van der Waals surface area (Å²) in [4.78, 5) is 14.2. The number of methoxy groups -OCH3 is 1. The molecule has 0 aliphatic carbocycles. The van der Waals surface area contributed by atoms with Crippen LogP contribution in [0, 0.1) is 6.92 Å². The first-order chi connectivity index (χ1) is 15.1. The highest BCUT2D eigenvalue weighted by Gasteiger charge is 2.42. The second kappa shape index (κ2) is 9.94. The van der Waals surface area contributed by atoms with E-state index in [-0.39, 0.29) is 24.2 Å². The highest BCUT2D eigenvalue weighted by Crippen LogP contribution is 2.39. The van der Waals surface area contributed by atoms with E-state index in [1.165, 1.54) is 29.4 Å². The minimum Gasteiger partial charge on any atom is -0.375 e. The largest absolute Gasteiger partial charge is 0.375 e. The summed E-state index contributed by atoms with van der Waals surface area (Å²) < 4.78 is 11.3. The van der Waals surface area contributed by atoms with Gasteiger partial charge in [0.1, 0.15) is 6.61 Å². The van der Waals surface area contributed by atoms with E-state index in [0.717, 1.165) is 45.3 Å². The van der Waals surface area contributed by atoms with Gasteiger partial charge >= 0.3 is 0 Å². The number of likely N-dealkylation sites (tertiary alicyclic amines) is 1. The zero-order valence-corrected chi connectivity index (χ0v) is 18.7. The number of hydrogen-bond acceptors (Lipinski definition) is 4. The summed E-state index contributed by atoms with van der Waals surface area (Å²) in [6.07, 6.45) is 4.36. The van der Waals surface area contributed by atoms with Crippen LogP contribution in [0.5, 0.6) is 0 Å². The maximum absolute atomic E-state index is 11.6. The van der Waals surface area contributed by atoms with Crippen molar-refractivity contribution in [3.05, 3.63) is 59.7 Å². The zero-order chi connectivity index (χ0) is 21.7. The molecular formula is C26H34N2O3. The van der Waals surface area contributed by atoms with Crippen molar-refractivity contribution in [3.8, 4) is 11.1 Å². The fraction of sp³-hybridized carbons (Fsp3) is 0.500. The average molecular weight is 423 g/mol. The van der Waals surface area contributed by atoms with E-state index in [4.69, 9.17) is 9.47 Å². The SMILES string of the molecule is COCC(=O)NC[C@H]1CCC2(CCN(Cc3cccc(-c4ccccc4C)c3)CC2)O1. The summed E-state index contributed by atoms with van der Waals surface area (Å²) in [6, 6.07) is 17.5. The molecule has 166 valence electrons. The fourth-order valence-corrected chi connectivity index (χ4v) is 4.93. The summed E-state index contributed by atoms with van der Waals surface area (Å²) >= 11 is 0. The molecule has 1 atom stereocenters. The molecule has 0 saturated carbocycles. The Balaban J connectivity index is 1.29. The summed E-state index contributed by atoms with van der Waals surface area (Å²) in [5.41, 5.74) is 5.27. The Bertz CT molecular complexity index is 890. The number of benzene rings is 2. The van der Waals surface area contributed by atoms with Crippen LogP contribution in [0.4, 0.5) is 0 Å². The van der Waals surface area contributed by atoms with Gasteiger partial charge in [-0.2, -0.15) is 0 Å². The third kappa shape index (κ3) is 5.53. The molecule has 31 heavy (non-hydrogen) atoms. The average Bonchev–Trinajstić information content (AvgIpc) is 3.17. The maximum Gasteiger partial charge on any atom is 0.246 e. The van der Waals surface area contributed by atoms with Gasteiger partial charge in [-0.15, -0.1) is 0 Å². The predicted molar refractivity (Wildman–Crippen MR) is 123 cm³/mol. The Kier molecular flexibility index (Phi) is 7.06. The summed E-state index contributed by atoms with van der Waals surface area (Å²) in [5, 5.41) is 2.91. The molecule has 4 rings (SSSR count). The highest BCUT2D eigenvalue weighted by atomic mass is 16.5. The van der Waals surface area contributed by atoms with Crippen LogP contribution >= 0.6 is 0 Å². The Morgan fingerprint density at radius 3 is 2.74 bits per heavy atom. The van der Waals surface area contributed by atoms with Gasteiger partial charge in [0.25, 0.3) is 0 Å². The summed E-state index contributed by atoms with van der Waals surface area (Å²) in [6.45, 7) is 5.95. The standard InChI is InChI=1S/C26H34N2O3/c1-20-6-3-4-9-24(20)22-8-5-7-21(16-22)18-28-14-12-26(13-15-28)11-10-23(31-26)17-27-25(29)19-30-2/h3-9,16,23H,10-15,17-19H2,1-2H3,(H,27,29)/t23-/m1/s1. The van der Waals surface area contributed by atoms with Gasteiger partial charge in [-0.05, 0) is 60.9 Å². The van der Waals surface area contributed by atoms with Crippen molar-refractivity contribution >= 4 is 5.91 Å². The van der Waals surface area contributed by atoms with Crippen molar-refractivity contribution < 1.29 is 14.3 Å². The van der Waals surface area contributed by atoms with Gasteiger partial charge in [-0.1, -0.05) is 42.5 Å². The number of hydrogen-bond donors (Lipinski definition) is 1. The topological polar surface area (TPSA) is 50.8 Å². The van der Waals surface area contributed by atoms with Gasteiger partial charge < -0.3 is 14.8 Å². The van der Waals surface area contributed by atoms with Crippen LogP contribution in [0.25, 0.3) is 11.1 Å². The number of piperidine rings is 1. The Morgan fingerprint density at radius 2 is 1.97 bits per heavy atom. The monoisotopic (exact) mass is 422 g/mol. The maximum atomic E-state index is 11.6. The van der Waals surface area contributed by atoms with Gasteiger partial charge in [0.15, 0.2) is 0 Å². The van der Waals surface area contributed by atoms with E-state index in [2.05, 4.69) is 65.7 Å². The third-order valence-corrected chi connectivity index (χ3v) is 6.70. The van der Waals surface area contributed by atoms with E-state index < -0.39 is 0 Å². The third-order valence-electron chi connectivity index (χ3n) is 6.70. The number of aryl methyl sites for hydroxylation is 1. The first-order valence-corrected chi connectivity index (χ1v) is 11.4. The molecule has 1 amide bonds. The van der Waals surface area contributed by atoms with Crippen molar-refractivity contribution in [2.45, 2.75) is 50.9 Å². The number of carbonyl (C=O) groups is 1. The smallest absolute Gasteiger partial charge is 0.246 e. The van der Waals surface area contributed by atoms with E-state index in [1.807, 2.05) is 0 Å². The predicted octanol–water partition coefficient (Wildman–Crippen LogP) is 3.94. The summed E-state index contributed by atoms with van der Waals surface area (Å²) in [5.74, 6) is -0.0743. The second-order valence-electron chi connectivity index (χ2n) is 8.99. The van der Waals surface area contributed by atoms with Crippen LogP contribution in [0.1, 0.15) is 36.8 Å². The molecule has 2 fully saturated rings. The van der Waals surface area contributed by atoms with Gasteiger partial charge in [0.05, 0.1) is 11.7 Å². The van der Waals surface area contributed by atoms with Crippen LogP contribution in [0.2, 0.25) is 0 Å². The number of rotatable bonds is 7. The van der Waals surface area contributed by atoms with Gasteiger partial charge in [0, 0.05) is 33.3 Å². The van der Waals surface area contributed by atoms with Crippen molar-refractivity contribution in [2.24, 2.45) is 0 Å². The summed E-state index contributed by atoms with van der Waals surface area (Å²) in [7, 11) is 1.54. The molecule has 2 aliphatic rings. The minimum atomic E-state index is -0.0743. The fourth-order valence-electron chi connectivity index (χ4n) is 4.93. The molecule has 5 nitrogen and oxygen atoms in total. The number of nitrogens with zero attached hydrogens (tertiary/aromatic N) is 1. The lowest BCUT2D eigenvalue weighted by molar-refractivity contribution is -0.126. The van der Waals surface area contributed by atoms with Gasteiger partial charge in [-0.25, -0.2) is 0 Å².